The first-order valence-electron chi connectivity index (χ1n) is 5.98. The summed E-state index contributed by atoms with van der Waals surface area (Å²) in [5, 5.41) is 8.69. The lowest BCUT2D eigenvalue weighted by molar-refractivity contribution is 0.249. The molecule has 0 unspecified atom stereocenters. The molecule has 0 aromatic heterocycles. The van der Waals surface area contributed by atoms with Crippen LogP contribution in [0.2, 0.25) is 0 Å². The van der Waals surface area contributed by atoms with Gasteiger partial charge < -0.3 is 0 Å². The zero-order valence-electron chi connectivity index (χ0n) is 10.3. The fourth-order valence-corrected chi connectivity index (χ4v) is 3.45. The van der Waals surface area contributed by atoms with Crippen LogP contribution in [0.1, 0.15) is 30.4 Å². The molecule has 0 radical (unpaired) electrons. The number of benzene rings is 1. The van der Waals surface area contributed by atoms with Gasteiger partial charge >= 0.3 is 0 Å². The summed E-state index contributed by atoms with van der Waals surface area (Å²) in [5.74, 6) is 0.00566. The number of sulfonamides is 1. The normalized spacial score (nSPS) is 16.3. The maximum absolute atomic E-state index is 12.1. The van der Waals surface area contributed by atoms with E-state index >= 15 is 0 Å². The van der Waals surface area contributed by atoms with Crippen molar-refractivity contribution in [2.24, 2.45) is 0 Å². The van der Waals surface area contributed by atoms with Crippen LogP contribution in [-0.4, -0.2) is 25.8 Å². The van der Waals surface area contributed by atoms with Gasteiger partial charge in [-0.05, 0) is 30.5 Å². The summed E-state index contributed by atoms with van der Waals surface area (Å²) in [4.78, 5) is 0. The minimum atomic E-state index is -3.24. The molecule has 5 heteroatoms. The van der Waals surface area contributed by atoms with Crippen molar-refractivity contribution in [3.8, 4) is 6.07 Å². The van der Waals surface area contributed by atoms with Crippen molar-refractivity contribution in [3.63, 3.8) is 0 Å². The Morgan fingerprint density at radius 1 is 1.33 bits per heavy atom. The van der Waals surface area contributed by atoms with E-state index < -0.39 is 10.0 Å². The molecule has 0 N–H and O–H groups in total. The summed E-state index contributed by atoms with van der Waals surface area (Å²) in [6.45, 7) is 0. The van der Waals surface area contributed by atoms with Crippen molar-refractivity contribution < 1.29 is 8.42 Å². The van der Waals surface area contributed by atoms with Gasteiger partial charge in [-0.15, -0.1) is 0 Å². The largest absolute Gasteiger partial charge is 0.218 e. The molecule has 0 spiro atoms. The Morgan fingerprint density at radius 2 is 1.94 bits per heavy atom. The minimum Gasteiger partial charge on any atom is -0.212 e. The molecule has 0 aliphatic heterocycles. The molecule has 1 aromatic carbocycles. The lowest BCUT2D eigenvalue weighted by Crippen LogP contribution is -2.41. The van der Waals surface area contributed by atoms with Crippen LogP contribution >= 0.6 is 0 Å². The third-order valence-electron chi connectivity index (χ3n) is 3.46. The van der Waals surface area contributed by atoms with Crippen molar-refractivity contribution in [2.45, 2.75) is 31.1 Å². The lowest BCUT2D eigenvalue weighted by Gasteiger charge is -2.33. The molecule has 1 fully saturated rings. The number of hydrogen-bond donors (Lipinski definition) is 0. The Bertz CT molecular complexity index is 554. The van der Waals surface area contributed by atoms with Crippen molar-refractivity contribution >= 4 is 10.0 Å². The summed E-state index contributed by atoms with van der Waals surface area (Å²) >= 11 is 0. The van der Waals surface area contributed by atoms with Gasteiger partial charge in [0.2, 0.25) is 10.0 Å². The zero-order chi connectivity index (χ0) is 13.2. The van der Waals surface area contributed by atoms with E-state index in [0.717, 1.165) is 24.8 Å². The van der Waals surface area contributed by atoms with Crippen molar-refractivity contribution in [3.05, 3.63) is 35.4 Å². The van der Waals surface area contributed by atoms with Crippen LogP contribution in [0.25, 0.3) is 0 Å². The Kier molecular flexibility index (Phi) is 3.69. The summed E-state index contributed by atoms with van der Waals surface area (Å²) in [6, 6.07) is 8.88. The second-order valence-electron chi connectivity index (χ2n) is 4.67. The maximum atomic E-state index is 12.1. The summed E-state index contributed by atoms with van der Waals surface area (Å²) in [6.07, 6.45) is 3.04. The molecule has 18 heavy (non-hydrogen) atoms. The first-order chi connectivity index (χ1) is 8.53. The van der Waals surface area contributed by atoms with Gasteiger partial charge in [-0.3, -0.25) is 0 Å². The molecule has 2 rings (SSSR count). The van der Waals surface area contributed by atoms with Gasteiger partial charge in [0.15, 0.2) is 0 Å². The quantitative estimate of drug-likeness (QED) is 0.834. The molecule has 0 heterocycles. The van der Waals surface area contributed by atoms with Crippen LogP contribution in [-0.2, 0) is 15.8 Å². The molecule has 0 bridgehead atoms. The van der Waals surface area contributed by atoms with Gasteiger partial charge in [0.1, 0.15) is 0 Å². The molecule has 1 aromatic rings. The van der Waals surface area contributed by atoms with E-state index in [1.165, 1.54) is 4.31 Å². The van der Waals surface area contributed by atoms with Crippen LogP contribution in [0.15, 0.2) is 24.3 Å². The second kappa shape index (κ2) is 5.09. The lowest BCUT2D eigenvalue weighted by atomic mass is 9.94. The summed E-state index contributed by atoms with van der Waals surface area (Å²) in [7, 11) is -1.59. The standard InChI is InChI=1S/C13H16N2O2S/c1-15(13-3-2-4-13)18(16,17)10-12-7-5-11(9-14)6-8-12/h5-8,13H,2-4,10H2,1H3. The second-order valence-corrected chi connectivity index (χ2v) is 6.69. The van der Waals surface area contributed by atoms with E-state index in [1.807, 2.05) is 6.07 Å². The van der Waals surface area contributed by atoms with Gasteiger partial charge in [0.25, 0.3) is 0 Å². The van der Waals surface area contributed by atoms with E-state index in [0.29, 0.717) is 5.56 Å². The Balaban J connectivity index is 2.09. The molecule has 1 saturated carbocycles. The zero-order valence-corrected chi connectivity index (χ0v) is 11.2. The van der Waals surface area contributed by atoms with E-state index in [-0.39, 0.29) is 11.8 Å². The Morgan fingerprint density at radius 3 is 2.39 bits per heavy atom. The van der Waals surface area contributed by atoms with Crippen LogP contribution in [0.5, 0.6) is 0 Å². The molecule has 1 aliphatic carbocycles. The average molecular weight is 264 g/mol. The van der Waals surface area contributed by atoms with Crippen LogP contribution in [0.3, 0.4) is 0 Å². The molecule has 0 saturated heterocycles. The highest BCUT2D eigenvalue weighted by Crippen LogP contribution is 2.26. The Hall–Kier alpha value is -1.38. The van der Waals surface area contributed by atoms with Crippen molar-refractivity contribution in [1.29, 1.82) is 5.26 Å². The summed E-state index contributed by atoms with van der Waals surface area (Å²) in [5.41, 5.74) is 1.27. The summed E-state index contributed by atoms with van der Waals surface area (Å²) < 4.78 is 25.8. The predicted molar refractivity (Wildman–Crippen MR) is 69.2 cm³/mol. The fraction of sp³-hybridized carbons (Fsp3) is 0.462. The smallest absolute Gasteiger partial charge is 0.212 e. The topological polar surface area (TPSA) is 61.2 Å². The molecule has 0 atom stereocenters. The van der Waals surface area contributed by atoms with E-state index in [4.69, 9.17) is 5.26 Å². The average Bonchev–Trinajstić information content (AvgIpc) is 2.27. The van der Waals surface area contributed by atoms with Gasteiger partial charge in [-0.1, -0.05) is 18.6 Å². The number of rotatable bonds is 4. The van der Waals surface area contributed by atoms with Gasteiger partial charge in [0.05, 0.1) is 17.4 Å². The van der Waals surface area contributed by atoms with Crippen LogP contribution < -0.4 is 0 Å². The monoisotopic (exact) mass is 264 g/mol. The fourth-order valence-electron chi connectivity index (χ4n) is 1.97. The van der Waals surface area contributed by atoms with Crippen LogP contribution in [0, 0.1) is 11.3 Å². The SMILES string of the molecule is CN(C1CCC1)S(=O)(=O)Cc1ccc(C#N)cc1. The number of hydrogen-bond acceptors (Lipinski definition) is 3. The van der Waals surface area contributed by atoms with E-state index in [2.05, 4.69) is 0 Å². The highest BCUT2D eigenvalue weighted by Gasteiger charge is 2.30. The minimum absolute atomic E-state index is 0.00566. The van der Waals surface area contributed by atoms with E-state index in [9.17, 15) is 8.42 Å². The molecular weight excluding hydrogens is 248 g/mol. The molecule has 4 nitrogen and oxygen atoms in total. The van der Waals surface area contributed by atoms with Gasteiger partial charge in [0, 0.05) is 13.1 Å². The molecule has 0 amide bonds. The molecule has 96 valence electrons. The first-order valence-corrected chi connectivity index (χ1v) is 7.58. The van der Waals surface area contributed by atoms with Gasteiger partial charge in [-0.2, -0.15) is 5.26 Å². The Labute approximate surface area is 108 Å². The first kappa shape index (κ1) is 13.1. The highest BCUT2D eigenvalue weighted by atomic mass is 32.2. The van der Waals surface area contributed by atoms with Crippen LogP contribution in [0.4, 0.5) is 0 Å². The van der Waals surface area contributed by atoms with E-state index in [1.54, 1.807) is 31.3 Å². The third-order valence-corrected chi connectivity index (χ3v) is 5.33. The van der Waals surface area contributed by atoms with Crippen molar-refractivity contribution in [1.82, 2.24) is 4.31 Å². The molecule has 1 aliphatic rings. The van der Waals surface area contributed by atoms with Crippen molar-refractivity contribution in [2.75, 3.05) is 7.05 Å². The molecular formula is C13H16N2O2S. The van der Waals surface area contributed by atoms with Gasteiger partial charge in [-0.25, -0.2) is 12.7 Å². The highest BCUT2D eigenvalue weighted by molar-refractivity contribution is 7.88. The third kappa shape index (κ3) is 2.71. The number of nitriles is 1. The number of nitrogens with zero attached hydrogens (tertiary/aromatic N) is 2. The predicted octanol–water partition coefficient (Wildman–Crippen LogP) is 1.87. The maximum Gasteiger partial charge on any atom is 0.218 e.